The molecule has 4 rings (SSSR count). The fourth-order valence-electron chi connectivity index (χ4n) is 3.05. The van der Waals surface area contributed by atoms with Crippen molar-refractivity contribution in [3.63, 3.8) is 0 Å². The second-order valence-corrected chi connectivity index (χ2v) is 8.87. The first-order valence-electron chi connectivity index (χ1n) is 8.87. The number of aromatic nitrogens is 2. The summed E-state index contributed by atoms with van der Waals surface area (Å²) in [6.07, 6.45) is -0.549. The largest absolute Gasteiger partial charge is 0.366 e. The highest BCUT2D eigenvalue weighted by Gasteiger charge is 2.34. The van der Waals surface area contributed by atoms with Gasteiger partial charge in [0.1, 0.15) is 5.82 Å². The highest BCUT2D eigenvalue weighted by atomic mass is 35.5. The van der Waals surface area contributed by atoms with E-state index < -0.39 is 16.1 Å². The summed E-state index contributed by atoms with van der Waals surface area (Å²) in [6.45, 7) is 0.396. The van der Waals surface area contributed by atoms with E-state index in [0.29, 0.717) is 16.4 Å². The Bertz CT molecular complexity index is 1120. The van der Waals surface area contributed by atoms with Gasteiger partial charge in [-0.1, -0.05) is 41.0 Å². The maximum absolute atomic E-state index is 13.8. The maximum atomic E-state index is 13.8. The zero-order valence-electron chi connectivity index (χ0n) is 15.2. The third-order valence-electron chi connectivity index (χ3n) is 4.53. The van der Waals surface area contributed by atoms with Crippen molar-refractivity contribution < 1.29 is 22.1 Å². The van der Waals surface area contributed by atoms with Gasteiger partial charge in [0.15, 0.2) is 11.9 Å². The lowest BCUT2D eigenvalue weighted by molar-refractivity contribution is -0.0199. The van der Waals surface area contributed by atoms with E-state index >= 15 is 0 Å². The number of sulfonamides is 1. The van der Waals surface area contributed by atoms with Crippen LogP contribution in [0.5, 0.6) is 0 Å². The number of hydrogen-bond acceptors (Lipinski definition) is 6. The summed E-state index contributed by atoms with van der Waals surface area (Å²) in [5.41, 5.74) is 0.439. The van der Waals surface area contributed by atoms with E-state index in [0.717, 1.165) is 0 Å². The van der Waals surface area contributed by atoms with Gasteiger partial charge in [-0.05, 0) is 29.8 Å². The number of morpholine rings is 1. The second-order valence-electron chi connectivity index (χ2n) is 6.50. The van der Waals surface area contributed by atoms with Crippen LogP contribution in [0.1, 0.15) is 23.4 Å². The minimum absolute atomic E-state index is 0.0240. The molecule has 0 saturated carbocycles. The van der Waals surface area contributed by atoms with Crippen LogP contribution in [0.2, 0.25) is 5.02 Å². The first kappa shape index (κ1) is 20.0. The summed E-state index contributed by atoms with van der Waals surface area (Å²) in [6, 6.07) is 12.4. The predicted octanol–water partition coefficient (Wildman–Crippen LogP) is 3.22. The summed E-state index contributed by atoms with van der Waals surface area (Å²) >= 11 is 5.93. The molecule has 1 atom stereocenters. The monoisotopic (exact) mass is 437 g/mol. The van der Waals surface area contributed by atoms with Gasteiger partial charge in [-0.2, -0.15) is 9.29 Å². The van der Waals surface area contributed by atoms with Crippen LogP contribution in [0.3, 0.4) is 0 Å². The van der Waals surface area contributed by atoms with Crippen molar-refractivity contribution in [3.05, 3.63) is 76.6 Å². The molecule has 0 N–H and O–H groups in total. The molecule has 0 amide bonds. The summed E-state index contributed by atoms with van der Waals surface area (Å²) < 4.78 is 51.8. The molecule has 1 unspecified atom stereocenters. The minimum atomic E-state index is -3.74. The molecule has 1 aliphatic rings. The molecule has 2 aromatic carbocycles. The van der Waals surface area contributed by atoms with E-state index in [-0.39, 0.29) is 42.7 Å². The van der Waals surface area contributed by atoms with Crippen molar-refractivity contribution >= 4 is 21.6 Å². The van der Waals surface area contributed by atoms with Crippen LogP contribution in [0.4, 0.5) is 4.39 Å². The van der Waals surface area contributed by atoms with Crippen LogP contribution in [0, 0.1) is 5.82 Å². The highest BCUT2D eigenvalue weighted by Crippen LogP contribution is 2.27. The fraction of sp³-hybridized carbons (Fsp3) is 0.263. The topological polar surface area (TPSA) is 85.5 Å². The molecular weight excluding hydrogens is 421 g/mol. The van der Waals surface area contributed by atoms with Crippen LogP contribution in [-0.4, -0.2) is 42.6 Å². The van der Waals surface area contributed by atoms with Crippen LogP contribution >= 0.6 is 11.6 Å². The summed E-state index contributed by atoms with van der Waals surface area (Å²) in [5, 5.41) is 4.21. The Kier molecular flexibility index (Phi) is 5.64. The van der Waals surface area contributed by atoms with Crippen LogP contribution < -0.4 is 0 Å². The third-order valence-corrected chi connectivity index (χ3v) is 6.62. The molecule has 1 fully saturated rings. The average Bonchev–Trinajstić information content (AvgIpc) is 3.18. The van der Waals surface area contributed by atoms with E-state index in [2.05, 4.69) is 10.1 Å². The summed E-state index contributed by atoms with van der Waals surface area (Å²) in [4.78, 5) is 4.37. The van der Waals surface area contributed by atoms with Crippen molar-refractivity contribution in [3.8, 4) is 0 Å². The van der Waals surface area contributed by atoms with Crippen LogP contribution in [0.15, 0.2) is 57.9 Å². The Balaban J connectivity index is 1.50. The smallest absolute Gasteiger partial charge is 0.257 e. The molecule has 2 heterocycles. The Morgan fingerprint density at radius 1 is 1.21 bits per heavy atom. The van der Waals surface area contributed by atoms with Crippen molar-refractivity contribution in [2.75, 3.05) is 19.7 Å². The molecule has 0 bridgehead atoms. The molecule has 1 saturated heterocycles. The molecule has 29 heavy (non-hydrogen) atoms. The van der Waals surface area contributed by atoms with Gasteiger partial charge in [0.25, 0.3) is 5.89 Å². The molecule has 1 aliphatic heterocycles. The molecule has 3 aromatic rings. The molecule has 7 nitrogen and oxygen atoms in total. The van der Waals surface area contributed by atoms with Crippen molar-refractivity contribution in [2.24, 2.45) is 0 Å². The molecule has 10 heteroatoms. The summed E-state index contributed by atoms with van der Waals surface area (Å²) in [7, 11) is -3.74. The first-order valence-corrected chi connectivity index (χ1v) is 10.7. The van der Waals surface area contributed by atoms with Gasteiger partial charge in [0, 0.05) is 24.5 Å². The Labute approximate surface area is 172 Å². The number of nitrogens with zero attached hydrogens (tertiary/aromatic N) is 3. The molecule has 0 spiro atoms. The quantitative estimate of drug-likeness (QED) is 0.609. The summed E-state index contributed by atoms with van der Waals surface area (Å²) in [5.74, 6) is 0.0948. The van der Waals surface area contributed by atoms with Gasteiger partial charge in [-0.3, -0.25) is 0 Å². The predicted molar refractivity (Wildman–Crippen MR) is 102 cm³/mol. The van der Waals surface area contributed by atoms with Gasteiger partial charge in [-0.25, -0.2) is 12.8 Å². The number of ether oxygens (including phenoxy) is 1. The fourth-order valence-corrected chi connectivity index (χ4v) is 4.78. The number of halogens is 2. The Hall–Kier alpha value is -2.33. The van der Waals surface area contributed by atoms with Gasteiger partial charge in [0.2, 0.25) is 10.0 Å². The first-order chi connectivity index (χ1) is 13.9. The second kappa shape index (κ2) is 8.19. The van der Waals surface area contributed by atoms with Gasteiger partial charge >= 0.3 is 0 Å². The van der Waals surface area contributed by atoms with E-state index in [4.69, 9.17) is 20.9 Å². The lowest BCUT2D eigenvalue weighted by atomic mass is 10.1. The van der Waals surface area contributed by atoms with Crippen molar-refractivity contribution in [1.82, 2.24) is 14.4 Å². The molecule has 0 radical (unpaired) electrons. The van der Waals surface area contributed by atoms with E-state index in [9.17, 15) is 12.8 Å². The third kappa shape index (κ3) is 4.32. The maximum Gasteiger partial charge on any atom is 0.257 e. The molecule has 152 valence electrons. The van der Waals surface area contributed by atoms with E-state index in [1.165, 1.54) is 22.5 Å². The van der Waals surface area contributed by atoms with Gasteiger partial charge in [0.05, 0.1) is 11.5 Å². The zero-order valence-corrected chi connectivity index (χ0v) is 16.7. The van der Waals surface area contributed by atoms with Gasteiger partial charge in [-0.15, -0.1) is 0 Å². The lowest BCUT2D eigenvalue weighted by Gasteiger charge is -2.30. The molecular formula is C19H17ClFN3O4S. The van der Waals surface area contributed by atoms with Crippen LogP contribution in [-0.2, 0) is 21.2 Å². The number of rotatable bonds is 5. The van der Waals surface area contributed by atoms with Crippen molar-refractivity contribution in [1.29, 1.82) is 0 Å². The SMILES string of the molecule is O=S(=O)(c1cccc(Cl)c1)N1CCOC(c2nc(Cc3ccccc3F)no2)C1. The average molecular weight is 438 g/mol. The number of hydrogen-bond donors (Lipinski definition) is 0. The highest BCUT2D eigenvalue weighted by molar-refractivity contribution is 7.89. The Morgan fingerprint density at radius 2 is 2.03 bits per heavy atom. The van der Waals surface area contributed by atoms with Gasteiger partial charge < -0.3 is 9.26 Å². The molecule has 1 aromatic heterocycles. The molecule has 0 aliphatic carbocycles. The standard InChI is InChI=1S/C19H17ClFN3O4S/c20-14-5-3-6-15(11-14)29(25,26)24-8-9-27-17(12-24)19-22-18(23-28-19)10-13-4-1-2-7-16(13)21/h1-7,11,17H,8-10,12H2. The minimum Gasteiger partial charge on any atom is -0.366 e. The number of benzene rings is 2. The van der Waals surface area contributed by atoms with Crippen molar-refractivity contribution in [2.45, 2.75) is 17.4 Å². The zero-order chi connectivity index (χ0) is 20.4. The van der Waals surface area contributed by atoms with E-state index in [1.807, 2.05) is 0 Å². The van der Waals surface area contributed by atoms with E-state index in [1.54, 1.807) is 30.3 Å². The Morgan fingerprint density at radius 3 is 2.83 bits per heavy atom. The lowest BCUT2D eigenvalue weighted by Crippen LogP contribution is -2.42. The normalized spacial score (nSPS) is 18.1. The van der Waals surface area contributed by atoms with Crippen LogP contribution in [0.25, 0.3) is 0 Å².